The Bertz CT molecular complexity index is 263. The number of hydrogen-bond donors (Lipinski definition) is 2. The minimum atomic E-state index is 0.512. The summed E-state index contributed by atoms with van der Waals surface area (Å²) >= 11 is 0. The lowest BCUT2D eigenvalue weighted by Gasteiger charge is -2.11. The summed E-state index contributed by atoms with van der Waals surface area (Å²) in [6, 6.07) is 3.80. The summed E-state index contributed by atoms with van der Waals surface area (Å²) in [5, 5.41) is 0. The summed E-state index contributed by atoms with van der Waals surface area (Å²) < 4.78 is 0. The predicted octanol–water partition coefficient (Wildman–Crippen LogP) is 2.15. The fourth-order valence-electron chi connectivity index (χ4n) is 1.48. The molecule has 0 aliphatic carbocycles. The molecule has 0 amide bonds. The van der Waals surface area contributed by atoms with Gasteiger partial charge in [-0.1, -0.05) is 20.3 Å². The molecule has 0 saturated carbocycles. The van der Waals surface area contributed by atoms with E-state index in [-0.39, 0.29) is 0 Å². The number of anilines is 2. The third kappa shape index (κ3) is 2.61. The second-order valence-electron chi connectivity index (χ2n) is 3.44. The Labute approximate surface area is 79.2 Å². The van der Waals surface area contributed by atoms with Crippen molar-refractivity contribution in [2.24, 2.45) is 0 Å². The molecular formula is C10H17N3. The summed E-state index contributed by atoms with van der Waals surface area (Å²) in [6.45, 7) is 4.35. The van der Waals surface area contributed by atoms with E-state index in [2.05, 4.69) is 18.8 Å². The molecule has 0 bridgehead atoms. The number of nitrogens with zero attached hydrogens (tertiary/aromatic N) is 1. The van der Waals surface area contributed by atoms with Crippen LogP contribution in [-0.2, 0) is 0 Å². The quantitative estimate of drug-likeness (QED) is 0.747. The molecule has 0 fully saturated rings. The lowest BCUT2D eigenvalue weighted by Crippen LogP contribution is -2.01. The first-order chi connectivity index (χ1) is 6.13. The van der Waals surface area contributed by atoms with E-state index in [0.717, 1.165) is 6.42 Å². The van der Waals surface area contributed by atoms with Crippen LogP contribution in [0.3, 0.4) is 0 Å². The van der Waals surface area contributed by atoms with Gasteiger partial charge in [-0.2, -0.15) is 0 Å². The third-order valence-corrected chi connectivity index (χ3v) is 2.18. The Morgan fingerprint density at radius 1 is 1.31 bits per heavy atom. The molecule has 72 valence electrons. The van der Waals surface area contributed by atoms with Crippen LogP contribution in [0.15, 0.2) is 12.1 Å². The molecule has 1 aromatic heterocycles. The first kappa shape index (κ1) is 9.84. The predicted molar refractivity (Wildman–Crippen MR) is 56.4 cm³/mol. The number of aromatic nitrogens is 1. The van der Waals surface area contributed by atoms with E-state index >= 15 is 0 Å². The van der Waals surface area contributed by atoms with Crippen LogP contribution in [0.1, 0.15) is 38.2 Å². The zero-order valence-electron chi connectivity index (χ0n) is 8.25. The molecule has 0 radical (unpaired) electrons. The van der Waals surface area contributed by atoms with Crippen LogP contribution in [0.5, 0.6) is 0 Å². The number of nitrogens with two attached hydrogens (primary N) is 2. The molecule has 1 heterocycles. The molecule has 1 unspecified atom stereocenters. The largest absolute Gasteiger partial charge is 0.384 e. The SMILES string of the molecule is CCCC(C)c1cc(N)nc(N)c1. The van der Waals surface area contributed by atoms with Crippen molar-refractivity contribution in [1.82, 2.24) is 4.98 Å². The van der Waals surface area contributed by atoms with Gasteiger partial charge in [0.05, 0.1) is 0 Å². The van der Waals surface area contributed by atoms with Gasteiger partial charge in [-0.25, -0.2) is 4.98 Å². The van der Waals surface area contributed by atoms with Crippen molar-refractivity contribution in [3.8, 4) is 0 Å². The molecular weight excluding hydrogens is 162 g/mol. The number of rotatable bonds is 3. The van der Waals surface area contributed by atoms with Crippen molar-refractivity contribution in [3.05, 3.63) is 17.7 Å². The van der Waals surface area contributed by atoms with Crippen LogP contribution in [0.4, 0.5) is 11.6 Å². The minimum absolute atomic E-state index is 0.512. The summed E-state index contributed by atoms with van der Waals surface area (Å²) in [7, 11) is 0. The lowest BCUT2D eigenvalue weighted by atomic mass is 9.97. The summed E-state index contributed by atoms with van der Waals surface area (Å²) in [5.74, 6) is 1.54. The van der Waals surface area contributed by atoms with E-state index in [0.29, 0.717) is 17.6 Å². The molecule has 1 rings (SSSR count). The van der Waals surface area contributed by atoms with Crippen molar-refractivity contribution in [2.45, 2.75) is 32.6 Å². The smallest absolute Gasteiger partial charge is 0.126 e. The summed E-state index contributed by atoms with van der Waals surface area (Å²) in [6.07, 6.45) is 2.33. The maximum atomic E-state index is 5.60. The minimum Gasteiger partial charge on any atom is -0.384 e. The van der Waals surface area contributed by atoms with Gasteiger partial charge < -0.3 is 11.5 Å². The van der Waals surface area contributed by atoms with Gasteiger partial charge in [0.2, 0.25) is 0 Å². The second-order valence-corrected chi connectivity index (χ2v) is 3.44. The van der Waals surface area contributed by atoms with Crippen molar-refractivity contribution < 1.29 is 0 Å². The Hall–Kier alpha value is -1.25. The van der Waals surface area contributed by atoms with Crippen molar-refractivity contribution in [1.29, 1.82) is 0 Å². The average molecular weight is 179 g/mol. The first-order valence-electron chi connectivity index (χ1n) is 4.66. The van der Waals surface area contributed by atoms with Gasteiger partial charge in [0, 0.05) is 0 Å². The molecule has 1 atom stereocenters. The summed E-state index contributed by atoms with van der Waals surface area (Å²) in [5.41, 5.74) is 12.4. The second kappa shape index (κ2) is 4.12. The van der Waals surface area contributed by atoms with E-state index in [4.69, 9.17) is 11.5 Å². The highest BCUT2D eigenvalue weighted by molar-refractivity contribution is 5.44. The van der Waals surface area contributed by atoms with E-state index in [1.165, 1.54) is 12.0 Å². The first-order valence-corrected chi connectivity index (χ1v) is 4.66. The van der Waals surface area contributed by atoms with Gasteiger partial charge in [0.25, 0.3) is 0 Å². The van der Waals surface area contributed by atoms with E-state index in [1.54, 1.807) is 0 Å². The highest BCUT2D eigenvalue weighted by atomic mass is 14.9. The van der Waals surface area contributed by atoms with E-state index in [9.17, 15) is 0 Å². The van der Waals surface area contributed by atoms with E-state index in [1.807, 2.05) is 12.1 Å². The van der Waals surface area contributed by atoms with Crippen LogP contribution in [0, 0.1) is 0 Å². The van der Waals surface area contributed by atoms with Gasteiger partial charge in [-0.3, -0.25) is 0 Å². The van der Waals surface area contributed by atoms with Gasteiger partial charge in [-0.15, -0.1) is 0 Å². The number of pyridine rings is 1. The molecule has 0 aromatic carbocycles. The molecule has 0 saturated heterocycles. The fraction of sp³-hybridized carbons (Fsp3) is 0.500. The van der Waals surface area contributed by atoms with E-state index < -0.39 is 0 Å². The van der Waals surface area contributed by atoms with Gasteiger partial charge in [-0.05, 0) is 30.0 Å². The normalized spacial score (nSPS) is 12.8. The van der Waals surface area contributed by atoms with Crippen LogP contribution in [0.25, 0.3) is 0 Å². The Morgan fingerprint density at radius 2 is 1.85 bits per heavy atom. The maximum Gasteiger partial charge on any atom is 0.126 e. The standard InChI is InChI=1S/C10H17N3/c1-3-4-7(2)8-5-9(11)13-10(12)6-8/h5-7H,3-4H2,1-2H3,(H4,11,12,13). The van der Waals surface area contributed by atoms with Crippen LogP contribution in [-0.4, -0.2) is 4.98 Å². The molecule has 3 nitrogen and oxygen atoms in total. The zero-order chi connectivity index (χ0) is 9.84. The highest BCUT2D eigenvalue weighted by Crippen LogP contribution is 2.22. The Kier molecular flexibility index (Phi) is 3.12. The monoisotopic (exact) mass is 179 g/mol. The molecule has 13 heavy (non-hydrogen) atoms. The maximum absolute atomic E-state index is 5.60. The van der Waals surface area contributed by atoms with Crippen LogP contribution >= 0.6 is 0 Å². The number of nitrogen functional groups attached to an aromatic ring is 2. The molecule has 0 aliphatic heterocycles. The average Bonchev–Trinajstić information content (AvgIpc) is 2.03. The highest BCUT2D eigenvalue weighted by Gasteiger charge is 2.06. The van der Waals surface area contributed by atoms with Crippen LogP contribution < -0.4 is 11.5 Å². The van der Waals surface area contributed by atoms with Gasteiger partial charge >= 0.3 is 0 Å². The molecule has 0 spiro atoms. The van der Waals surface area contributed by atoms with Gasteiger partial charge in [0.1, 0.15) is 11.6 Å². The topological polar surface area (TPSA) is 64.9 Å². The van der Waals surface area contributed by atoms with Gasteiger partial charge in [0.15, 0.2) is 0 Å². The molecule has 3 heteroatoms. The Balaban J connectivity index is 2.87. The zero-order valence-corrected chi connectivity index (χ0v) is 8.25. The number of hydrogen-bond acceptors (Lipinski definition) is 3. The Morgan fingerprint density at radius 3 is 2.31 bits per heavy atom. The fourth-order valence-corrected chi connectivity index (χ4v) is 1.48. The van der Waals surface area contributed by atoms with Crippen molar-refractivity contribution in [2.75, 3.05) is 11.5 Å². The van der Waals surface area contributed by atoms with Crippen LogP contribution in [0.2, 0.25) is 0 Å². The molecule has 0 aliphatic rings. The third-order valence-electron chi connectivity index (χ3n) is 2.18. The molecule has 4 N–H and O–H groups in total. The van der Waals surface area contributed by atoms with Crippen molar-refractivity contribution in [3.63, 3.8) is 0 Å². The molecule has 1 aromatic rings. The van der Waals surface area contributed by atoms with Crippen molar-refractivity contribution >= 4 is 11.6 Å². The lowest BCUT2D eigenvalue weighted by molar-refractivity contribution is 0.665. The summed E-state index contributed by atoms with van der Waals surface area (Å²) in [4.78, 5) is 3.93.